The van der Waals surface area contributed by atoms with E-state index in [4.69, 9.17) is 9.84 Å². The lowest BCUT2D eigenvalue weighted by Crippen LogP contribution is -1.96. The van der Waals surface area contributed by atoms with Crippen molar-refractivity contribution >= 4 is 23.8 Å². The average molecular weight is 300 g/mol. The molecule has 0 saturated carbocycles. The van der Waals surface area contributed by atoms with Crippen LogP contribution in [0.5, 0.6) is 5.75 Å². The van der Waals surface area contributed by atoms with Gasteiger partial charge in [-0.15, -0.1) is 11.8 Å². The highest BCUT2D eigenvalue weighted by molar-refractivity contribution is 7.98. The number of para-hydroxylation sites is 1. The number of aliphatic carboxylic acids is 1. The summed E-state index contributed by atoms with van der Waals surface area (Å²) in [5.74, 6) is -0.0953. The molecule has 21 heavy (non-hydrogen) atoms. The Bertz CT molecular complexity index is 650. The van der Waals surface area contributed by atoms with Crippen LogP contribution < -0.4 is 4.74 Å². The van der Waals surface area contributed by atoms with E-state index in [0.29, 0.717) is 6.61 Å². The van der Waals surface area contributed by atoms with Crippen LogP contribution in [0.1, 0.15) is 11.1 Å². The second kappa shape index (κ2) is 7.55. The molecule has 0 amide bonds. The molecule has 0 aliphatic rings. The van der Waals surface area contributed by atoms with Crippen LogP contribution >= 0.6 is 11.8 Å². The predicted octanol–water partition coefficient (Wildman–Crippen LogP) is 4.09. The monoisotopic (exact) mass is 300 g/mol. The van der Waals surface area contributed by atoms with Gasteiger partial charge in [-0.2, -0.15) is 0 Å². The highest BCUT2D eigenvalue weighted by Crippen LogP contribution is 2.27. The minimum Gasteiger partial charge on any atom is -0.488 e. The minimum atomic E-state index is -0.953. The molecule has 0 heterocycles. The molecule has 0 saturated heterocycles. The van der Waals surface area contributed by atoms with Gasteiger partial charge >= 0.3 is 5.97 Å². The molecule has 2 rings (SSSR count). The Labute approximate surface area is 128 Å². The number of benzene rings is 2. The van der Waals surface area contributed by atoms with Gasteiger partial charge in [0, 0.05) is 11.0 Å². The van der Waals surface area contributed by atoms with Crippen LogP contribution in [0.4, 0.5) is 0 Å². The fourth-order valence-electron chi connectivity index (χ4n) is 1.85. The van der Waals surface area contributed by atoms with Crippen molar-refractivity contribution in [1.29, 1.82) is 0 Å². The van der Waals surface area contributed by atoms with E-state index in [1.807, 2.05) is 54.8 Å². The highest BCUT2D eigenvalue weighted by Gasteiger charge is 2.02. The lowest BCUT2D eigenvalue weighted by molar-refractivity contribution is -0.131. The highest BCUT2D eigenvalue weighted by atomic mass is 32.2. The largest absolute Gasteiger partial charge is 0.488 e. The van der Waals surface area contributed by atoms with Crippen LogP contribution in [0.15, 0.2) is 59.5 Å². The van der Waals surface area contributed by atoms with E-state index in [2.05, 4.69) is 0 Å². The summed E-state index contributed by atoms with van der Waals surface area (Å²) >= 11 is 1.64. The predicted molar refractivity (Wildman–Crippen MR) is 85.7 cm³/mol. The molecule has 1 N–H and O–H groups in total. The first kappa shape index (κ1) is 15.2. The van der Waals surface area contributed by atoms with E-state index in [1.165, 1.54) is 0 Å². The van der Waals surface area contributed by atoms with Crippen molar-refractivity contribution < 1.29 is 14.6 Å². The maximum absolute atomic E-state index is 10.5. The number of carboxylic acid groups (broad SMARTS) is 1. The number of hydrogen-bond acceptors (Lipinski definition) is 3. The fraction of sp³-hybridized carbons (Fsp3) is 0.118. The molecule has 0 fully saturated rings. The van der Waals surface area contributed by atoms with Gasteiger partial charge in [-0.25, -0.2) is 4.79 Å². The Hall–Kier alpha value is -2.20. The van der Waals surface area contributed by atoms with Gasteiger partial charge in [0.05, 0.1) is 0 Å². The lowest BCUT2D eigenvalue weighted by atomic mass is 10.1. The van der Waals surface area contributed by atoms with Crippen LogP contribution in [0.3, 0.4) is 0 Å². The van der Waals surface area contributed by atoms with Crippen LogP contribution in [-0.4, -0.2) is 17.3 Å². The van der Waals surface area contributed by atoms with E-state index in [1.54, 1.807) is 17.8 Å². The quantitative estimate of drug-likeness (QED) is 0.645. The van der Waals surface area contributed by atoms with Gasteiger partial charge in [0.2, 0.25) is 0 Å². The number of hydrogen-bond donors (Lipinski definition) is 1. The zero-order valence-corrected chi connectivity index (χ0v) is 12.5. The summed E-state index contributed by atoms with van der Waals surface area (Å²) in [7, 11) is 0. The first-order valence-corrected chi connectivity index (χ1v) is 7.67. The first-order valence-electron chi connectivity index (χ1n) is 6.45. The van der Waals surface area contributed by atoms with E-state index < -0.39 is 5.97 Å². The summed E-state index contributed by atoms with van der Waals surface area (Å²) in [6.45, 7) is 0.451. The summed E-state index contributed by atoms with van der Waals surface area (Å²) in [5.41, 5.74) is 1.84. The molecular weight excluding hydrogens is 284 g/mol. The summed E-state index contributed by atoms with van der Waals surface area (Å²) in [5, 5.41) is 8.64. The first-order chi connectivity index (χ1) is 10.2. The summed E-state index contributed by atoms with van der Waals surface area (Å²) < 4.78 is 5.83. The van der Waals surface area contributed by atoms with E-state index >= 15 is 0 Å². The molecule has 0 aliphatic heterocycles. The van der Waals surface area contributed by atoms with Crippen LogP contribution in [0.25, 0.3) is 6.08 Å². The van der Waals surface area contributed by atoms with Gasteiger partial charge in [0.1, 0.15) is 12.4 Å². The van der Waals surface area contributed by atoms with Gasteiger partial charge in [-0.05, 0) is 41.7 Å². The number of thioether (sulfide) groups is 1. The van der Waals surface area contributed by atoms with Crippen molar-refractivity contribution in [3.8, 4) is 5.75 Å². The zero-order chi connectivity index (χ0) is 15.1. The topological polar surface area (TPSA) is 46.5 Å². The van der Waals surface area contributed by atoms with Gasteiger partial charge in [0.15, 0.2) is 0 Å². The lowest BCUT2D eigenvalue weighted by Gasteiger charge is -2.10. The van der Waals surface area contributed by atoms with Crippen molar-refractivity contribution in [3.63, 3.8) is 0 Å². The molecule has 0 bridgehead atoms. The third kappa shape index (κ3) is 4.68. The van der Waals surface area contributed by atoms with Crippen molar-refractivity contribution in [2.75, 3.05) is 6.26 Å². The van der Waals surface area contributed by atoms with Gasteiger partial charge in [-0.3, -0.25) is 0 Å². The maximum Gasteiger partial charge on any atom is 0.328 e. The Balaban J connectivity index is 2.06. The SMILES string of the molecule is CSc1ccccc1OCc1cccc(C=CC(=O)O)c1. The molecule has 2 aromatic carbocycles. The van der Waals surface area contributed by atoms with Crippen molar-refractivity contribution in [2.45, 2.75) is 11.5 Å². The molecule has 4 heteroatoms. The standard InChI is InChI=1S/C17H16O3S/c1-21-16-8-3-2-7-15(16)20-12-14-6-4-5-13(11-14)9-10-17(18)19/h2-11H,12H2,1H3,(H,18,19). The minimum absolute atomic E-state index is 0.451. The molecular formula is C17H16O3S. The van der Waals surface area contributed by atoms with Gasteiger partial charge < -0.3 is 9.84 Å². The molecule has 3 nitrogen and oxygen atoms in total. The second-order valence-electron chi connectivity index (χ2n) is 4.36. The Kier molecular flexibility index (Phi) is 5.46. The van der Waals surface area contributed by atoms with Crippen molar-refractivity contribution in [2.24, 2.45) is 0 Å². The second-order valence-corrected chi connectivity index (χ2v) is 5.20. The van der Waals surface area contributed by atoms with E-state index in [0.717, 1.165) is 27.8 Å². The maximum atomic E-state index is 10.5. The van der Waals surface area contributed by atoms with Crippen LogP contribution in [0, 0.1) is 0 Å². The van der Waals surface area contributed by atoms with Gasteiger partial charge in [-0.1, -0.05) is 30.3 Å². The number of ether oxygens (including phenoxy) is 1. The smallest absolute Gasteiger partial charge is 0.328 e. The molecule has 0 atom stereocenters. The molecule has 2 aromatic rings. The molecule has 0 aromatic heterocycles. The van der Waals surface area contributed by atoms with Gasteiger partial charge in [0.25, 0.3) is 0 Å². The number of rotatable bonds is 6. The molecule has 0 aliphatic carbocycles. The average Bonchev–Trinajstić information content (AvgIpc) is 2.51. The molecule has 0 unspecified atom stereocenters. The third-order valence-electron chi connectivity index (χ3n) is 2.83. The Morgan fingerprint density at radius 3 is 2.81 bits per heavy atom. The third-order valence-corrected chi connectivity index (χ3v) is 3.61. The van der Waals surface area contributed by atoms with E-state index in [9.17, 15) is 4.79 Å². The summed E-state index contributed by atoms with van der Waals surface area (Å²) in [6.07, 6.45) is 4.71. The number of carboxylic acids is 1. The molecule has 0 radical (unpaired) electrons. The van der Waals surface area contributed by atoms with E-state index in [-0.39, 0.29) is 0 Å². The normalized spacial score (nSPS) is 10.7. The summed E-state index contributed by atoms with van der Waals surface area (Å²) in [6, 6.07) is 15.5. The Morgan fingerprint density at radius 1 is 1.24 bits per heavy atom. The van der Waals surface area contributed by atoms with Crippen LogP contribution in [0.2, 0.25) is 0 Å². The zero-order valence-electron chi connectivity index (χ0n) is 11.7. The summed E-state index contributed by atoms with van der Waals surface area (Å²) in [4.78, 5) is 11.6. The van der Waals surface area contributed by atoms with Crippen LogP contribution in [-0.2, 0) is 11.4 Å². The Morgan fingerprint density at radius 2 is 2.05 bits per heavy atom. The number of carbonyl (C=O) groups is 1. The molecule has 108 valence electrons. The molecule has 0 spiro atoms. The fourth-order valence-corrected chi connectivity index (χ4v) is 2.40. The van der Waals surface area contributed by atoms with Crippen molar-refractivity contribution in [3.05, 3.63) is 65.7 Å². The van der Waals surface area contributed by atoms with Crippen molar-refractivity contribution in [1.82, 2.24) is 0 Å².